The molecule has 0 atom stereocenters. The molecular weight excluding hydrogens is 299 g/mol. The van der Waals surface area contributed by atoms with Crippen LogP contribution in [0.2, 0.25) is 0 Å². The van der Waals surface area contributed by atoms with E-state index in [0.29, 0.717) is 6.42 Å². The fourth-order valence-corrected chi connectivity index (χ4v) is 2.85. The van der Waals surface area contributed by atoms with E-state index in [0.717, 1.165) is 11.1 Å². The molecule has 0 radical (unpaired) electrons. The second-order valence-electron chi connectivity index (χ2n) is 7.89. The molecule has 0 saturated carbocycles. The zero-order valence-electron chi connectivity index (χ0n) is 14.7. The largest absolute Gasteiger partial charge is 0.469 e. The average molecular weight is 328 g/mol. The Labute approximate surface area is 134 Å². The summed E-state index contributed by atoms with van der Waals surface area (Å²) in [6.07, 6.45) is 0.494. The molecule has 1 aromatic carbocycles. The summed E-state index contributed by atoms with van der Waals surface area (Å²) in [7, 11) is -4.41. The van der Waals surface area contributed by atoms with Gasteiger partial charge in [0, 0.05) is 0 Å². The maximum absolute atomic E-state index is 10.8. The van der Waals surface area contributed by atoms with Crippen LogP contribution in [0.3, 0.4) is 0 Å². The molecule has 0 fully saturated rings. The van der Waals surface area contributed by atoms with Gasteiger partial charge >= 0.3 is 7.82 Å². The molecule has 22 heavy (non-hydrogen) atoms. The minimum absolute atomic E-state index is 0.0169. The van der Waals surface area contributed by atoms with Crippen molar-refractivity contribution in [1.29, 1.82) is 0 Å². The van der Waals surface area contributed by atoms with Crippen LogP contribution in [0, 0.1) is 6.92 Å². The van der Waals surface area contributed by atoms with Gasteiger partial charge in [0.1, 0.15) is 0 Å². The number of rotatable bonds is 4. The highest BCUT2D eigenvalue weighted by Gasteiger charge is 2.24. The summed E-state index contributed by atoms with van der Waals surface area (Å²) in [4.78, 5) is 17.7. The molecule has 0 aliphatic carbocycles. The van der Waals surface area contributed by atoms with Gasteiger partial charge < -0.3 is 9.79 Å². The molecule has 0 saturated heterocycles. The van der Waals surface area contributed by atoms with Crippen molar-refractivity contribution in [3.63, 3.8) is 0 Å². The first-order chi connectivity index (χ1) is 9.72. The third-order valence-electron chi connectivity index (χ3n) is 3.76. The van der Waals surface area contributed by atoms with Gasteiger partial charge in [-0.1, -0.05) is 53.7 Å². The second-order valence-corrected chi connectivity index (χ2v) is 9.13. The smallest absolute Gasteiger partial charge is 0.303 e. The van der Waals surface area contributed by atoms with E-state index in [1.54, 1.807) is 0 Å². The molecule has 0 unspecified atom stereocenters. The summed E-state index contributed by atoms with van der Waals surface area (Å²) >= 11 is 0. The minimum Gasteiger partial charge on any atom is -0.303 e. The summed E-state index contributed by atoms with van der Waals surface area (Å²) < 4.78 is 15.5. The lowest BCUT2D eigenvalue weighted by Gasteiger charge is -2.29. The Balaban J connectivity index is 3.23. The van der Waals surface area contributed by atoms with Gasteiger partial charge in [-0.2, -0.15) is 0 Å². The van der Waals surface area contributed by atoms with E-state index in [1.807, 2.05) is 0 Å². The van der Waals surface area contributed by atoms with Crippen LogP contribution in [0.1, 0.15) is 63.8 Å². The standard InChI is InChI=1S/C17H29O4P/c1-12-10-13(16(2,3)4)11-15(17(5,6)7)14(12)8-9-21-22(18,19)20/h10-11H,8-9H2,1-7H3,(H2,18,19,20). The molecule has 4 nitrogen and oxygen atoms in total. The lowest BCUT2D eigenvalue weighted by molar-refractivity contribution is 0.199. The molecule has 0 amide bonds. The average Bonchev–Trinajstić information content (AvgIpc) is 2.26. The van der Waals surface area contributed by atoms with E-state index in [2.05, 4.69) is 65.1 Å². The van der Waals surface area contributed by atoms with Crippen LogP contribution in [0.15, 0.2) is 12.1 Å². The van der Waals surface area contributed by atoms with Crippen LogP contribution in [-0.4, -0.2) is 16.4 Å². The van der Waals surface area contributed by atoms with Crippen molar-refractivity contribution >= 4 is 7.82 Å². The lowest BCUT2D eigenvalue weighted by Crippen LogP contribution is -2.20. The number of hydrogen-bond acceptors (Lipinski definition) is 2. The van der Waals surface area contributed by atoms with Gasteiger partial charge in [0.25, 0.3) is 0 Å². The monoisotopic (exact) mass is 328 g/mol. The van der Waals surface area contributed by atoms with Gasteiger partial charge in [0.05, 0.1) is 6.61 Å². The van der Waals surface area contributed by atoms with Crippen molar-refractivity contribution in [1.82, 2.24) is 0 Å². The number of benzene rings is 1. The van der Waals surface area contributed by atoms with Crippen LogP contribution in [0.4, 0.5) is 0 Å². The highest BCUT2D eigenvalue weighted by Crippen LogP contribution is 2.37. The third-order valence-corrected chi connectivity index (χ3v) is 4.28. The Bertz CT molecular complexity index is 574. The fraction of sp³-hybridized carbons (Fsp3) is 0.647. The Hall–Kier alpha value is -0.670. The Morgan fingerprint density at radius 2 is 1.59 bits per heavy atom. The first kappa shape index (κ1) is 19.4. The zero-order valence-corrected chi connectivity index (χ0v) is 15.6. The fourth-order valence-electron chi connectivity index (χ4n) is 2.52. The van der Waals surface area contributed by atoms with Gasteiger partial charge in [-0.3, -0.25) is 4.52 Å². The van der Waals surface area contributed by atoms with E-state index in [-0.39, 0.29) is 17.4 Å². The molecule has 0 spiro atoms. The molecule has 0 heterocycles. The van der Waals surface area contributed by atoms with E-state index in [4.69, 9.17) is 9.79 Å². The molecular formula is C17H29O4P. The third kappa shape index (κ3) is 5.51. The first-order valence-corrected chi connectivity index (χ1v) is 9.09. The molecule has 126 valence electrons. The van der Waals surface area contributed by atoms with E-state index < -0.39 is 7.82 Å². The van der Waals surface area contributed by atoms with Gasteiger partial charge in [-0.25, -0.2) is 4.57 Å². The predicted molar refractivity (Wildman–Crippen MR) is 90.3 cm³/mol. The number of phosphoric acid groups is 1. The number of hydrogen-bond donors (Lipinski definition) is 2. The Morgan fingerprint density at radius 3 is 2.00 bits per heavy atom. The summed E-state index contributed by atoms with van der Waals surface area (Å²) in [5, 5.41) is 0. The summed E-state index contributed by atoms with van der Waals surface area (Å²) in [6, 6.07) is 4.39. The van der Waals surface area contributed by atoms with Crippen LogP contribution in [0.25, 0.3) is 0 Å². The molecule has 0 bridgehead atoms. The van der Waals surface area contributed by atoms with Crippen molar-refractivity contribution in [3.8, 4) is 0 Å². The molecule has 0 aliphatic rings. The van der Waals surface area contributed by atoms with E-state index >= 15 is 0 Å². The van der Waals surface area contributed by atoms with E-state index in [1.165, 1.54) is 11.1 Å². The van der Waals surface area contributed by atoms with E-state index in [9.17, 15) is 4.57 Å². The highest BCUT2D eigenvalue weighted by molar-refractivity contribution is 7.46. The number of phosphoric ester groups is 1. The molecule has 0 aliphatic heterocycles. The second kappa shape index (κ2) is 6.45. The highest BCUT2D eigenvalue weighted by atomic mass is 31.2. The van der Waals surface area contributed by atoms with Gasteiger partial charge in [-0.15, -0.1) is 0 Å². The summed E-state index contributed by atoms with van der Waals surface area (Å²) in [5.41, 5.74) is 4.77. The topological polar surface area (TPSA) is 66.8 Å². The Morgan fingerprint density at radius 1 is 1.05 bits per heavy atom. The van der Waals surface area contributed by atoms with Crippen LogP contribution in [0.5, 0.6) is 0 Å². The zero-order chi connectivity index (χ0) is 17.3. The van der Waals surface area contributed by atoms with Crippen molar-refractivity contribution in [2.45, 2.75) is 65.7 Å². The molecule has 1 rings (SSSR count). The van der Waals surface area contributed by atoms with Gasteiger partial charge in [0.2, 0.25) is 0 Å². The molecule has 0 aromatic heterocycles. The lowest BCUT2D eigenvalue weighted by atomic mass is 9.76. The van der Waals surface area contributed by atoms with Crippen molar-refractivity contribution < 1.29 is 18.9 Å². The summed E-state index contributed by atoms with van der Waals surface area (Å²) in [6.45, 7) is 15.1. The summed E-state index contributed by atoms with van der Waals surface area (Å²) in [5.74, 6) is 0. The molecule has 1 aromatic rings. The normalized spacial score (nSPS) is 13.5. The minimum atomic E-state index is -4.41. The maximum Gasteiger partial charge on any atom is 0.469 e. The van der Waals surface area contributed by atoms with Gasteiger partial charge in [0.15, 0.2) is 0 Å². The van der Waals surface area contributed by atoms with Crippen LogP contribution < -0.4 is 0 Å². The number of aryl methyl sites for hydroxylation is 1. The quantitative estimate of drug-likeness (QED) is 0.811. The molecule has 5 heteroatoms. The van der Waals surface area contributed by atoms with Gasteiger partial charge in [-0.05, 0) is 46.4 Å². The van der Waals surface area contributed by atoms with Crippen LogP contribution in [-0.2, 0) is 26.3 Å². The van der Waals surface area contributed by atoms with Crippen molar-refractivity contribution in [3.05, 3.63) is 34.4 Å². The SMILES string of the molecule is Cc1cc(C(C)(C)C)cc(C(C)(C)C)c1CCOP(=O)(O)O. The first-order valence-electron chi connectivity index (χ1n) is 7.56. The van der Waals surface area contributed by atoms with Crippen LogP contribution >= 0.6 is 7.82 Å². The van der Waals surface area contributed by atoms with Crippen molar-refractivity contribution in [2.24, 2.45) is 0 Å². The Kier molecular flexibility index (Phi) is 5.68. The molecule has 2 N–H and O–H groups in total. The predicted octanol–water partition coefficient (Wildman–Crippen LogP) is 4.24. The van der Waals surface area contributed by atoms with Crippen molar-refractivity contribution in [2.75, 3.05) is 6.61 Å². The maximum atomic E-state index is 10.8.